The van der Waals surface area contributed by atoms with Crippen LogP contribution in [0.25, 0.3) is 17.2 Å². The van der Waals surface area contributed by atoms with Gasteiger partial charge in [-0.2, -0.15) is 5.26 Å². The minimum atomic E-state index is -1.19. The summed E-state index contributed by atoms with van der Waals surface area (Å²) >= 11 is 0. The Morgan fingerprint density at radius 1 is 1.11 bits per heavy atom. The van der Waals surface area contributed by atoms with Gasteiger partial charge in [0, 0.05) is 0 Å². The average Bonchev–Trinajstić information content (AvgIpc) is 2.70. The van der Waals surface area contributed by atoms with E-state index in [-0.39, 0.29) is 5.57 Å². The van der Waals surface area contributed by atoms with E-state index in [4.69, 9.17) is 0 Å². The lowest BCUT2D eigenvalue weighted by Crippen LogP contribution is -2.04. The summed E-state index contributed by atoms with van der Waals surface area (Å²) in [6, 6.07) is 17.9. The van der Waals surface area contributed by atoms with Crippen molar-refractivity contribution in [1.29, 1.82) is 5.26 Å². The highest BCUT2D eigenvalue weighted by Gasteiger charge is 2.18. The van der Waals surface area contributed by atoms with Crippen LogP contribution in [0.4, 0.5) is 0 Å². The molecule has 2 aromatic carbocycles. The predicted molar refractivity (Wildman–Crippen MR) is 110 cm³/mol. The second-order valence-corrected chi connectivity index (χ2v) is 6.75. The predicted octanol–water partition coefficient (Wildman–Crippen LogP) is 6.42. The molecule has 1 atom stereocenters. The van der Waals surface area contributed by atoms with Crippen LogP contribution in [0.3, 0.4) is 0 Å². The quantitative estimate of drug-likeness (QED) is 0.318. The monoisotopic (exact) mass is 361 g/mol. The van der Waals surface area contributed by atoms with E-state index in [1.54, 1.807) is 6.08 Å². The number of hydrogen-bond acceptors (Lipinski definition) is 2. The van der Waals surface area contributed by atoms with E-state index in [2.05, 4.69) is 19.9 Å². The van der Waals surface area contributed by atoms with Crippen molar-refractivity contribution in [3.05, 3.63) is 65.2 Å². The number of aliphatic carboxylic acids is 1. The SMILES string of the molecule is CCCCCC(CC)c1cccc(-c2ccccc2)c1/C=C(\C#N)C(=O)O. The Bertz CT molecular complexity index is 831. The van der Waals surface area contributed by atoms with Gasteiger partial charge in [0.1, 0.15) is 11.6 Å². The van der Waals surface area contributed by atoms with E-state index < -0.39 is 5.97 Å². The summed E-state index contributed by atoms with van der Waals surface area (Å²) in [5.41, 5.74) is 3.74. The fraction of sp³-hybridized carbons (Fsp3) is 0.333. The molecule has 0 saturated carbocycles. The Morgan fingerprint density at radius 3 is 2.44 bits per heavy atom. The Morgan fingerprint density at radius 2 is 1.85 bits per heavy atom. The van der Waals surface area contributed by atoms with Crippen LogP contribution < -0.4 is 0 Å². The number of carboxylic acid groups (broad SMARTS) is 1. The Hall–Kier alpha value is -2.86. The van der Waals surface area contributed by atoms with Gasteiger partial charge in [-0.05, 0) is 47.1 Å². The summed E-state index contributed by atoms with van der Waals surface area (Å²) in [6.07, 6.45) is 7.11. The Balaban J connectivity index is 2.62. The van der Waals surface area contributed by atoms with E-state index in [9.17, 15) is 15.2 Å². The molecule has 0 radical (unpaired) electrons. The molecule has 140 valence electrons. The van der Waals surface area contributed by atoms with Crippen LogP contribution in [-0.2, 0) is 4.79 Å². The van der Waals surface area contributed by atoms with Crippen molar-refractivity contribution in [2.24, 2.45) is 0 Å². The largest absolute Gasteiger partial charge is 0.477 e. The first-order valence-electron chi connectivity index (χ1n) is 9.65. The summed E-state index contributed by atoms with van der Waals surface area (Å²) in [7, 11) is 0. The molecule has 1 unspecified atom stereocenters. The zero-order valence-electron chi connectivity index (χ0n) is 16.1. The molecule has 0 spiro atoms. The van der Waals surface area contributed by atoms with Crippen molar-refractivity contribution >= 4 is 12.0 Å². The molecule has 0 heterocycles. The summed E-state index contributed by atoms with van der Waals surface area (Å²) in [4.78, 5) is 11.5. The number of unbranched alkanes of at least 4 members (excludes halogenated alkanes) is 2. The lowest BCUT2D eigenvalue weighted by molar-refractivity contribution is -0.132. The molecule has 0 aliphatic rings. The van der Waals surface area contributed by atoms with Gasteiger partial charge in [-0.25, -0.2) is 4.79 Å². The fourth-order valence-corrected chi connectivity index (χ4v) is 3.48. The van der Waals surface area contributed by atoms with Crippen LogP contribution in [0.1, 0.15) is 63.0 Å². The van der Waals surface area contributed by atoms with Crippen LogP contribution in [0.15, 0.2) is 54.1 Å². The molecule has 0 aromatic heterocycles. The molecule has 0 amide bonds. The van der Waals surface area contributed by atoms with Crippen LogP contribution in [0.2, 0.25) is 0 Å². The second kappa shape index (κ2) is 10.3. The van der Waals surface area contributed by atoms with Crippen LogP contribution >= 0.6 is 0 Å². The highest BCUT2D eigenvalue weighted by atomic mass is 16.4. The molecule has 2 aromatic rings. The van der Waals surface area contributed by atoms with Crippen LogP contribution in [0.5, 0.6) is 0 Å². The standard InChI is InChI=1S/C24H27NO2/c1-3-5-7-11-18(4-2)21-14-10-15-22(19-12-8-6-9-13-19)23(21)16-20(17-25)24(26)27/h6,8-10,12-16,18H,3-5,7,11H2,1-2H3,(H,26,27)/b20-16+. The van der Waals surface area contributed by atoms with Gasteiger partial charge in [0.25, 0.3) is 0 Å². The van der Waals surface area contributed by atoms with Gasteiger partial charge in [0.05, 0.1) is 0 Å². The van der Waals surface area contributed by atoms with Gasteiger partial charge in [-0.3, -0.25) is 0 Å². The minimum absolute atomic E-state index is 0.233. The van der Waals surface area contributed by atoms with Crippen molar-refractivity contribution in [2.45, 2.75) is 51.9 Å². The molecule has 0 aliphatic heterocycles. The molecule has 2 rings (SSSR count). The molecular weight excluding hydrogens is 334 g/mol. The Kier molecular flexibility index (Phi) is 7.82. The molecule has 0 saturated heterocycles. The maximum atomic E-state index is 11.5. The van der Waals surface area contributed by atoms with Crippen molar-refractivity contribution < 1.29 is 9.90 Å². The number of nitriles is 1. The second-order valence-electron chi connectivity index (χ2n) is 6.75. The summed E-state index contributed by atoms with van der Waals surface area (Å²) in [6.45, 7) is 4.36. The van der Waals surface area contributed by atoms with Gasteiger partial charge in [-0.15, -0.1) is 0 Å². The van der Waals surface area contributed by atoms with Crippen LogP contribution in [-0.4, -0.2) is 11.1 Å². The Labute approximate surface area is 162 Å². The van der Waals surface area contributed by atoms with Gasteiger partial charge in [0.15, 0.2) is 0 Å². The molecule has 3 heteroatoms. The third-order valence-corrected chi connectivity index (χ3v) is 4.95. The first kappa shape index (κ1) is 20.5. The lowest BCUT2D eigenvalue weighted by atomic mass is 9.84. The minimum Gasteiger partial charge on any atom is -0.477 e. The van der Waals surface area contributed by atoms with E-state index in [1.165, 1.54) is 12.8 Å². The maximum Gasteiger partial charge on any atom is 0.346 e. The molecular formula is C24H27NO2. The highest BCUT2D eigenvalue weighted by molar-refractivity contribution is 5.98. The van der Waals surface area contributed by atoms with Crippen LogP contribution in [0, 0.1) is 11.3 Å². The number of carboxylic acids is 1. The molecule has 27 heavy (non-hydrogen) atoms. The first-order valence-corrected chi connectivity index (χ1v) is 9.65. The molecule has 0 bridgehead atoms. The number of hydrogen-bond donors (Lipinski definition) is 1. The molecule has 3 nitrogen and oxygen atoms in total. The topological polar surface area (TPSA) is 61.1 Å². The van der Waals surface area contributed by atoms with Gasteiger partial charge in [0.2, 0.25) is 0 Å². The van der Waals surface area contributed by atoms with E-state index in [0.29, 0.717) is 5.92 Å². The number of rotatable bonds is 9. The summed E-state index contributed by atoms with van der Waals surface area (Å²) in [5.74, 6) is -0.842. The van der Waals surface area contributed by atoms with Gasteiger partial charge < -0.3 is 5.11 Å². The number of benzene rings is 2. The lowest BCUT2D eigenvalue weighted by Gasteiger charge is -2.20. The van der Waals surface area contributed by atoms with Crippen molar-refractivity contribution in [1.82, 2.24) is 0 Å². The van der Waals surface area contributed by atoms with Gasteiger partial charge in [-0.1, -0.05) is 81.6 Å². The zero-order chi connectivity index (χ0) is 19.6. The van der Waals surface area contributed by atoms with Crippen molar-refractivity contribution in [2.75, 3.05) is 0 Å². The van der Waals surface area contributed by atoms with E-state index >= 15 is 0 Å². The third-order valence-electron chi connectivity index (χ3n) is 4.95. The first-order chi connectivity index (χ1) is 13.1. The molecule has 0 fully saturated rings. The van der Waals surface area contributed by atoms with Crippen molar-refractivity contribution in [3.63, 3.8) is 0 Å². The smallest absolute Gasteiger partial charge is 0.346 e. The average molecular weight is 361 g/mol. The third kappa shape index (κ3) is 5.31. The normalized spacial score (nSPS) is 12.4. The highest BCUT2D eigenvalue weighted by Crippen LogP contribution is 2.35. The van der Waals surface area contributed by atoms with E-state index in [1.807, 2.05) is 48.5 Å². The number of nitrogens with zero attached hydrogens (tertiary/aromatic N) is 1. The fourth-order valence-electron chi connectivity index (χ4n) is 3.48. The zero-order valence-corrected chi connectivity index (χ0v) is 16.1. The molecule has 0 aliphatic carbocycles. The summed E-state index contributed by atoms with van der Waals surface area (Å²) < 4.78 is 0. The van der Waals surface area contributed by atoms with Crippen molar-refractivity contribution in [3.8, 4) is 17.2 Å². The summed E-state index contributed by atoms with van der Waals surface area (Å²) in [5, 5.41) is 18.6. The molecule has 1 N–H and O–H groups in total. The van der Waals surface area contributed by atoms with Gasteiger partial charge >= 0.3 is 5.97 Å². The number of carbonyl (C=O) groups is 1. The van der Waals surface area contributed by atoms with E-state index in [0.717, 1.165) is 41.5 Å². The maximum absolute atomic E-state index is 11.5.